The first-order valence-corrected chi connectivity index (χ1v) is 11.0. The fraction of sp³-hybridized carbons (Fsp3) is 0.524. The van der Waals surface area contributed by atoms with E-state index in [4.69, 9.17) is 15.9 Å². The summed E-state index contributed by atoms with van der Waals surface area (Å²) in [5.41, 5.74) is 6.65. The van der Waals surface area contributed by atoms with Crippen LogP contribution in [-0.4, -0.2) is 75.5 Å². The minimum absolute atomic E-state index is 0.0266. The van der Waals surface area contributed by atoms with E-state index in [9.17, 15) is 24.3 Å². The van der Waals surface area contributed by atoms with Crippen LogP contribution in [0.5, 0.6) is 5.75 Å². The Labute approximate surface area is 197 Å². The molecule has 0 aliphatic heterocycles. The number of carboxylic acids is 1. The number of amides is 3. The quantitative estimate of drug-likeness (QED) is 0.160. The van der Waals surface area contributed by atoms with E-state index < -0.39 is 54.5 Å². The largest absolute Gasteiger partial charge is 0.508 e. The molecular formula is C21H32N4O7S. The molecular weight excluding hydrogens is 452 g/mol. The Morgan fingerprint density at radius 2 is 1.45 bits per heavy atom. The van der Waals surface area contributed by atoms with Crippen molar-refractivity contribution in [3.05, 3.63) is 29.8 Å². The number of hydrogen-bond acceptors (Lipinski definition) is 8. The highest BCUT2D eigenvalue weighted by atomic mass is 32.1. The summed E-state index contributed by atoms with van der Waals surface area (Å²) in [5.74, 6) is -3.50. The summed E-state index contributed by atoms with van der Waals surface area (Å²) >= 11 is 4.09. The van der Waals surface area contributed by atoms with Gasteiger partial charge in [0.2, 0.25) is 17.7 Å². The molecule has 0 radical (unpaired) electrons. The van der Waals surface area contributed by atoms with Crippen molar-refractivity contribution in [3.8, 4) is 5.75 Å². The molecule has 0 bridgehead atoms. The maximum Gasteiger partial charge on any atom is 0.328 e. The SMILES string of the molecule is CC(C)CC(NC(=O)C(CS)NC(=O)C(N)Cc1ccc(O)cc1)C(=O)NC(CO)C(=O)O. The molecule has 0 saturated carbocycles. The Bertz CT molecular complexity index is 819. The molecule has 0 aliphatic rings. The first-order valence-electron chi connectivity index (χ1n) is 10.4. The van der Waals surface area contributed by atoms with Crippen LogP contribution < -0.4 is 21.7 Å². The van der Waals surface area contributed by atoms with Crippen LogP contribution in [0.2, 0.25) is 0 Å². The van der Waals surface area contributed by atoms with E-state index in [0.717, 1.165) is 0 Å². The second kappa shape index (κ2) is 13.7. The number of aliphatic hydroxyl groups excluding tert-OH is 1. The van der Waals surface area contributed by atoms with Gasteiger partial charge in [-0.3, -0.25) is 14.4 Å². The normalized spacial score (nSPS) is 14.6. The van der Waals surface area contributed by atoms with E-state index in [0.29, 0.717) is 5.56 Å². The van der Waals surface area contributed by atoms with Gasteiger partial charge in [-0.2, -0.15) is 12.6 Å². The number of rotatable bonds is 13. The number of carbonyl (C=O) groups excluding carboxylic acids is 3. The molecule has 0 spiro atoms. The molecule has 1 aromatic carbocycles. The average molecular weight is 485 g/mol. The van der Waals surface area contributed by atoms with Crippen molar-refractivity contribution < 1.29 is 34.5 Å². The van der Waals surface area contributed by atoms with Gasteiger partial charge < -0.3 is 37.0 Å². The Kier molecular flexibility index (Phi) is 11.7. The Morgan fingerprint density at radius 3 is 1.94 bits per heavy atom. The maximum atomic E-state index is 12.7. The number of nitrogens with two attached hydrogens (primary N) is 1. The topological polar surface area (TPSA) is 191 Å². The highest BCUT2D eigenvalue weighted by molar-refractivity contribution is 7.80. The second-order valence-electron chi connectivity index (χ2n) is 7.99. The summed E-state index contributed by atoms with van der Waals surface area (Å²) in [6.07, 6.45) is 0.367. The summed E-state index contributed by atoms with van der Waals surface area (Å²) in [6, 6.07) is 1.51. The van der Waals surface area contributed by atoms with Crippen LogP contribution in [-0.2, 0) is 25.6 Å². The number of hydrogen-bond donors (Lipinski definition) is 8. The van der Waals surface area contributed by atoms with Gasteiger partial charge in [0.25, 0.3) is 0 Å². The second-order valence-corrected chi connectivity index (χ2v) is 8.36. The first kappa shape index (κ1) is 28.2. The van der Waals surface area contributed by atoms with Gasteiger partial charge in [0.15, 0.2) is 0 Å². The number of benzene rings is 1. The molecule has 1 rings (SSSR count). The summed E-state index contributed by atoms with van der Waals surface area (Å²) < 4.78 is 0. The third kappa shape index (κ3) is 9.68. The predicted molar refractivity (Wildman–Crippen MR) is 124 cm³/mol. The van der Waals surface area contributed by atoms with Crippen molar-refractivity contribution >= 4 is 36.3 Å². The van der Waals surface area contributed by atoms with Crippen LogP contribution in [0.15, 0.2) is 24.3 Å². The van der Waals surface area contributed by atoms with Crippen molar-refractivity contribution in [2.24, 2.45) is 11.7 Å². The third-order valence-electron chi connectivity index (χ3n) is 4.68. The van der Waals surface area contributed by atoms with Crippen LogP contribution in [0, 0.1) is 5.92 Å². The van der Waals surface area contributed by atoms with Crippen molar-refractivity contribution in [1.82, 2.24) is 16.0 Å². The molecule has 8 N–H and O–H groups in total. The zero-order valence-corrected chi connectivity index (χ0v) is 19.4. The monoisotopic (exact) mass is 484 g/mol. The summed E-state index contributed by atoms with van der Waals surface area (Å²) in [4.78, 5) is 48.8. The number of aliphatic carboxylic acids is 1. The zero-order chi connectivity index (χ0) is 25.1. The summed E-state index contributed by atoms with van der Waals surface area (Å²) in [6.45, 7) is 2.82. The van der Waals surface area contributed by atoms with E-state index in [1.807, 2.05) is 13.8 Å². The Morgan fingerprint density at radius 1 is 0.939 bits per heavy atom. The van der Waals surface area contributed by atoms with Crippen molar-refractivity contribution in [1.29, 1.82) is 0 Å². The van der Waals surface area contributed by atoms with E-state index in [1.54, 1.807) is 12.1 Å². The number of phenolic OH excluding ortho intramolecular Hbond substituents is 1. The van der Waals surface area contributed by atoms with Crippen LogP contribution >= 0.6 is 12.6 Å². The average Bonchev–Trinajstić information content (AvgIpc) is 2.75. The smallest absolute Gasteiger partial charge is 0.328 e. The van der Waals surface area contributed by atoms with Gasteiger partial charge in [-0.15, -0.1) is 0 Å². The minimum Gasteiger partial charge on any atom is -0.508 e. The van der Waals surface area contributed by atoms with E-state index >= 15 is 0 Å². The molecule has 12 heteroatoms. The minimum atomic E-state index is -1.51. The molecule has 1 aromatic rings. The van der Waals surface area contributed by atoms with Crippen molar-refractivity contribution in [2.75, 3.05) is 12.4 Å². The lowest BCUT2D eigenvalue weighted by molar-refractivity contribution is -0.143. The maximum absolute atomic E-state index is 12.7. The van der Waals surface area contributed by atoms with Crippen molar-refractivity contribution in [2.45, 2.75) is 50.9 Å². The van der Waals surface area contributed by atoms with E-state index in [2.05, 4.69) is 28.6 Å². The first-order chi connectivity index (χ1) is 15.5. The van der Waals surface area contributed by atoms with Crippen LogP contribution in [0.1, 0.15) is 25.8 Å². The zero-order valence-electron chi connectivity index (χ0n) is 18.5. The number of carboxylic acid groups (broad SMARTS) is 1. The number of aliphatic hydroxyl groups is 1. The molecule has 33 heavy (non-hydrogen) atoms. The van der Waals surface area contributed by atoms with Gasteiger partial charge in [0, 0.05) is 5.75 Å². The highest BCUT2D eigenvalue weighted by Crippen LogP contribution is 2.11. The molecule has 11 nitrogen and oxygen atoms in total. The number of thiol groups is 1. The van der Waals surface area contributed by atoms with Gasteiger partial charge in [0.05, 0.1) is 12.6 Å². The lowest BCUT2D eigenvalue weighted by atomic mass is 10.0. The van der Waals surface area contributed by atoms with Gasteiger partial charge in [-0.25, -0.2) is 4.79 Å². The summed E-state index contributed by atoms with van der Waals surface area (Å²) in [5, 5.41) is 34.7. The van der Waals surface area contributed by atoms with E-state index in [1.165, 1.54) is 12.1 Å². The molecule has 184 valence electrons. The highest BCUT2D eigenvalue weighted by Gasteiger charge is 2.30. The number of phenols is 1. The fourth-order valence-electron chi connectivity index (χ4n) is 2.88. The standard InChI is InChI=1S/C21H32N4O7S/c1-11(2)7-15(19(29)24-16(9-26)21(31)32)23-20(30)17(10-33)25-18(28)14(22)8-12-3-5-13(27)6-4-12/h3-6,11,14-17,26-27,33H,7-10,22H2,1-2H3,(H,23,30)(H,24,29)(H,25,28)(H,31,32). The summed E-state index contributed by atoms with van der Waals surface area (Å²) in [7, 11) is 0. The molecule has 4 atom stereocenters. The lowest BCUT2D eigenvalue weighted by Gasteiger charge is -2.25. The van der Waals surface area contributed by atoms with Gasteiger partial charge in [0.1, 0.15) is 23.9 Å². The fourth-order valence-corrected chi connectivity index (χ4v) is 3.14. The van der Waals surface area contributed by atoms with Gasteiger partial charge in [-0.1, -0.05) is 26.0 Å². The van der Waals surface area contributed by atoms with Gasteiger partial charge >= 0.3 is 5.97 Å². The van der Waals surface area contributed by atoms with Crippen LogP contribution in [0.25, 0.3) is 0 Å². The predicted octanol–water partition coefficient (Wildman–Crippen LogP) is -1.23. The number of nitrogens with one attached hydrogen (secondary N) is 3. The molecule has 0 fully saturated rings. The van der Waals surface area contributed by atoms with E-state index in [-0.39, 0.29) is 30.3 Å². The van der Waals surface area contributed by atoms with Crippen LogP contribution in [0.4, 0.5) is 0 Å². The van der Waals surface area contributed by atoms with Crippen molar-refractivity contribution in [3.63, 3.8) is 0 Å². The Hall–Kier alpha value is -2.83. The molecule has 0 aliphatic carbocycles. The lowest BCUT2D eigenvalue weighted by Crippen LogP contribution is -2.58. The number of carbonyl (C=O) groups is 4. The third-order valence-corrected chi connectivity index (χ3v) is 5.05. The van der Waals surface area contributed by atoms with Gasteiger partial charge in [-0.05, 0) is 36.5 Å². The molecule has 0 heterocycles. The molecule has 0 aromatic heterocycles. The number of aromatic hydroxyl groups is 1. The molecule has 3 amide bonds. The van der Waals surface area contributed by atoms with Crippen LogP contribution in [0.3, 0.4) is 0 Å². The molecule has 4 unspecified atom stereocenters. The Balaban J connectivity index is 2.80. The molecule has 0 saturated heterocycles.